The van der Waals surface area contributed by atoms with Crippen LogP contribution in [0.15, 0.2) is 12.1 Å². The Balaban J connectivity index is 2.15. The third-order valence-electron chi connectivity index (χ3n) is 3.02. The fraction of sp³-hybridized carbons (Fsp3) is 0.385. The number of nitrogens with one attached hydrogen (secondary N) is 1. The van der Waals surface area contributed by atoms with E-state index in [0.717, 1.165) is 17.8 Å². The van der Waals surface area contributed by atoms with Crippen LogP contribution in [0.5, 0.6) is 0 Å². The summed E-state index contributed by atoms with van der Waals surface area (Å²) >= 11 is 13.1. The summed E-state index contributed by atoms with van der Waals surface area (Å²) in [4.78, 5) is 16.0. The Kier molecular flexibility index (Phi) is 5.50. The highest BCUT2D eigenvalue weighted by Crippen LogP contribution is 2.28. The van der Waals surface area contributed by atoms with E-state index in [1.54, 1.807) is 0 Å². The van der Waals surface area contributed by atoms with E-state index in [4.69, 9.17) is 23.2 Å². The molecule has 0 unspecified atom stereocenters. The Labute approximate surface area is 136 Å². The van der Waals surface area contributed by atoms with Gasteiger partial charge < -0.3 is 0 Å². The fourth-order valence-electron chi connectivity index (χ4n) is 1.82. The molecule has 0 saturated carbocycles. The molecule has 21 heavy (non-hydrogen) atoms. The number of amides is 1. The smallest absolute Gasteiger partial charge is 0.277 e. The second-order valence-corrected chi connectivity index (χ2v) is 6.18. The van der Waals surface area contributed by atoms with Crippen molar-refractivity contribution in [1.82, 2.24) is 15.2 Å². The molecule has 0 fully saturated rings. The summed E-state index contributed by atoms with van der Waals surface area (Å²) in [7, 11) is 0. The van der Waals surface area contributed by atoms with E-state index in [2.05, 4.69) is 34.3 Å². The Bertz CT molecular complexity index is 643. The van der Waals surface area contributed by atoms with Crippen molar-refractivity contribution in [3.8, 4) is 0 Å². The second-order valence-electron chi connectivity index (χ2n) is 4.38. The Morgan fingerprint density at radius 2 is 2.00 bits per heavy atom. The molecule has 0 atom stereocenters. The van der Waals surface area contributed by atoms with E-state index in [-0.39, 0.29) is 15.9 Å². The van der Waals surface area contributed by atoms with Gasteiger partial charge in [-0.25, -0.2) is 4.98 Å². The van der Waals surface area contributed by atoms with E-state index >= 15 is 0 Å². The minimum Gasteiger partial charge on any atom is -0.295 e. The number of hydrogen-bond acceptors (Lipinski definition) is 5. The molecule has 0 bridgehead atoms. The summed E-state index contributed by atoms with van der Waals surface area (Å²) in [5, 5.41) is 12.5. The zero-order valence-electron chi connectivity index (χ0n) is 11.6. The summed E-state index contributed by atoms with van der Waals surface area (Å²) in [5.74, 6) is -0.0872. The lowest BCUT2D eigenvalue weighted by atomic mass is 10.1. The maximum Gasteiger partial charge on any atom is 0.277 e. The largest absolute Gasteiger partial charge is 0.295 e. The maximum atomic E-state index is 12.1. The molecular weight excluding hydrogens is 331 g/mol. The maximum absolute atomic E-state index is 12.1. The van der Waals surface area contributed by atoms with Gasteiger partial charge in [0.15, 0.2) is 0 Å². The predicted octanol–water partition coefficient (Wildman–Crippen LogP) is 4.40. The topological polar surface area (TPSA) is 67.8 Å². The molecule has 8 heteroatoms. The third-order valence-corrected chi connectivity index (χ3v) is 4.54. The quantitative estimate of drug-likeness (QED) is 0.816. The van der Waals surface area contributed by atoms with Gasteiger partial charge >= 0.3 is 0 Å². The lowest BCUT2D eigenvalue weighted by molar-refractivity contribution is 0.102. The summed E-state index contributed by atoms with van der Waals surface area (Å²) in [6.45, 7) is 4.20. The number of pyridine rings is 1. The van der Waals surface area contributed by atoms with E-state index < -0.39 is 5.91 Å². The Hall–Kier alpha value is -1.24. The standard InChI is InChI=1S/C13H14Cl2N4OS/c1-3-7(4-2)12-18-19-13(21-12)17-11(20)10-8(14)5-6-9(15)16-10/h5-7H,3-4H2,1-2H3,(H,17,19,20). The summed E-state index contributed by atoms with van der Waals surface area (Å²) < 4.78 is 0. The molecule has 2 aromatic heterocycles. The van der Waals surface area contributed by atoms with Gasteiger partial charge in [0.2, 0.25) is 5.13 Å². The molecule has 2 heterocycles. The molecule has 2 aromatic rings. The van der Waals surface area contributed by atoms with Crippen molar-refractivity contribution in [2.45, 2.75) is 32.6 Å². The lowest BCUT2D eigenvalue weighted by Gasteiger charge is -2.06. The summed E-state index contributed by atoms with van der Waals surface area (Å²) in [5.41, 5.74) is 0.0726. The first-order chi connectivity index (χ1) is 10.0. The zero-order chi connectivity index (χ0) is 15.4. The molecule has 0 saturated heterocycles. The van der Waals surface area contributed by atoms with Gasteiger partial charge in [-0.05, 0) is 25.0 Å². The number of carbonyl (C=O) groups is 1. The third kappa shape index (κ3) is 3.90. The van der Waals surface area contributed by atoms with E-state index in [1.165, 1.54) is 23.5 Å². The van der Waals surface area contributed by atoms with Crippen LogP contribution in [-0.2, 0) is 0 Å². The fourth-order valence-corrected chi connectivity index (χ4v) is 3.17. The molecule has 112 valence electrons. The highest BCUT2D eigenvalue weighted by molar-refractivity contribution is 7.15. The van der Waals surface area contributed by atoms with Crippen LogP contribution in [0, 0.1) is 0 Å². The Morgan fingerprint density at radius 3 is 2.67 bits per heavy atom. The van der Waals surface area contributed by atoms with Gasteiger partial charge in [0, 0.05) is 5.92 Å². The summed E-state index contributed by atoms with van der Waals surface area (Å²) in [6.07, 6.45) is 1.97. The molecule has 0 radical (unpaired) electrons. The number of hydrogen-bond donors (Lipinski definition) is 1. The molecule has 0 aliphatic rings. The first-order valence-corrected chi connectivity index (χ1v) is 8.09. The van der Waals surface area contributed by atoms with Crippen LogP contribution in [0.25, 0.3) is 0 Å². The van der Waals surface area contributed by atoms with Crippen molar-refractivity contribution in [3.63, 3.8) is 0 Å². The number of nitrogens with zero attached hydrogens (tertiary/aromatic N) is 3. The van der Waals surface area contributed by atoms with Crippen molar-refractivity contribution >= 4 is 45.6 Å². The molecule has 5 nitrogen and oxygen atoms in total. The van der Waals surface area contributed by atoms with Crippen LogP contribution in [0.4, 0.5) is 5.13 Å². The summed E-state index contributed by atoms with van der Waals surface area (Å²) in [6, 6.07) is 3.05. The van der Waals surface area contributed by atoms with Crippen LogP contribution in [0.3, 0.4) is 0 Å². The number of halogens is 2. The van der Waals surface area contributed by atoms with Gasteiger partial charge in [0.25, 0.3) is 5.91 Å². The predicted molar refractivity (Wildman–Crippen MR) is 85.4 cm³/mol. The highest BCUT2D eigenvalue weighted by Gasteiger charge is 2.17. The highest BCUT2D eigenvalue weighted by atomic mass is 35.5. The van der Waals surface area contributed by atoms with E-state index in [0.29, 0.717) is 11.0 Å². The number of rotatable bonds is 5. The Morgan fingerprint density at radius 1 is 1.29 bits per heavy atom. The molecule has 1 amide bonds. The molecule has 1 N–H and O–H groups in total. The van der Waals surface area contributed by atoms with Crippen molar-refractivity contribution in [1.29, 1.82) is 0 Å². The van der Waals surface area contributed by atoms with Crippen LogP contribution in [0.2, 0.25) is 10.2 Å². The lowest BCUT2D eigenvalue weighted by Crippen LogP contribution is -2.14. The number of aromatic nitrogens is 3. The minimum atomic E-state index is -0.449. The van der Waals surface area contributed by atoms with Gasteiger partial charge in [-0.15, -0.1) is 10.2 Å². The van der Waals surface area contributed by atoms with Crippen molar-refractivity contribution < 1.29 is 4.79 Å². The average molecular weight is 345 g/mol. The van der Waals surface area contributed by atoms with Gasteiger partial charge in [0.1, 0.15) is 15.9 Å². The molecule has 0 aliphatic carbocycles. The molecule has 0 aromatic carbocycles. The normalized spacial score (nSPS) is 10.9. The first kappa shape index (κ1) is 16.1. The van der Waals surface area contributed by atoms with Gasteiger partial charge in [-0.3, -0.25) is 10.1 Å². The van der Waals surface area contributed by atoms with Crippen LogP contribution >= 0.6 is 34.5 Å². The monoisotopic (exact) mass is 344 g/mol. The average Bonchev–Trinajstić information content (AvgIpc) is 2.91. The number of carbonyl (C=O) groups excluding carboxylic acids is 1. The first-order valence-electron chi connectivity index (χ1n) is 6.51. The SMILES string of the molecule is CCC(CC)c1nnc(NC(=O)c2nc(Cl)ccc2Cl)s1. The molecule has 2 rings (SSSR count). The minimum absolute atomic E-state index is 0.0726. The van der Waals surface area contributed by atoms with E-state index in [9.17, 15) is 4.79 Å². The second kappa shape index (κ2) is 7.15. The number of anilines is 1. The van der Waals surface area contributed by atoms with Crippen LogP contribution in [-0.4, -0.2) is 21.1 Å². The van der Waals surface area contributed by atoms with Gasteiger partial charge in [-0.2, -0.15) is 0 Å². The molecule has 0 spiro atoms. The van der Waals surface area contributed by atoms with Crippen molar-refractivity contribution in [2.75, 3.05) is 5.32 Å². The van der Waals surface area contributed by atoms with Crippen LogP contribution in [0.1, 0.15) is 48.1 Å². The van der Waals surface area contributed by atoms with Crippen molar-refractivity contribution in [2.24, 2.45) is 0 Å². The molecular formula is C13H14Cl2N4OS. The van der Waals surface area contributed by atoms with Gasteiger partial charge in [-0.1, -0.05) is 48.4 Å². The zero-order valence-corrected chi connectivity index (χ0v) is 13.9. The van der Waals surface area contributed by atoms with Crippen LogP contribution < -0.4 is 5.32 Å². The van der Waals surface area contributed by atoms with E-state index in [1.807, 2.05) is 0 Å². The van der Waals surface area contributed by atoms with Crippen molar-refractivity contribution in [3.05, 3.63) is 33.0 Å². The molecule has 0 aliphatic heterocycles. The van der Waals surface area contributed by atoms with Gasteiger partial charge in [0.05, 0.1) is 5.02 Å².